The van der Waals surface area contributed by atoms with Crippen LogP contribution in [0.4, 0.5) is 0 Å². The molecule has 0 amide bonds. The second-order valence-corrected chi connectivity index (χ2v) is 6.55. The van der Waals surface area contributed by atoms with Gasteiger partial charge in [-0.3, -0.25) is 0 Å². The van der Waals surface area contributed by atoms with Gasteiger partial charge in [0.2, 0.25) is 15.9 Å². The van der Waals surface area contributed by atoms with Crippen LogP contribution in [0.15, 0.2) is 23.2 Å². The van der Waals surface area contributed by atoms with Crippen molar-refractivity contribution in [2.45, 2.75) is 37.7 Å². The molecule has 0 aromatic carbocycles. The lowest BCUT2D eigenvalue weighted by Gasteiger charge is -2.15. The molecule has 1 aliphatic heterocycles. The summed E-state index contributed by atoms with van der Waals surface area (Å²) in [6.45, 7) is 5.01. The molecule has 0 spiro atoms. The van der Waals surface area contributed by atoms with Gasteiger partial charge in [-0.1, -0.05) is 0 Å². The van der Waals surface area contributed by atoms with E-state index in [2.05, 4.69) is 4.98 Å². The van der Waals surface area contributed by atoms with Gasteiger partial charge in [-0.15, -0.1) is 0 Å². The zero-order valence-corrected chi connectivity index (χ0v) is 11.5. The number of pyridine rings is 1. The summed E-state index contributed by atoms with van der Waals surface area (Å²) in [7, 11) is -3.37. The average Bonchev–Trinajstić information content (AvgIpc) is 2.83. The van der Waals surface area contributed by atoms with Crippen molar-refractivity contribution in [3.8, 4) is 5.88 Å². The van der Waals surface area contributed by atoms with Crippen molar-refractivity contribution in [1.29, 1.82) is 0 Å². The first-order chi connectivity index (χ1) is 8.50. The Kier molecular flexibility index (Phi) is 3.87. The number of rotatable bonds is 4. The average molecular weight is 270 g/mol. The third-order valence-electron chi connectivity index (χ3n) is 2.77. The van der Waals surface area contributed by atoms with Crippen LogP contribution in [0.1, 0.15) is 26.7 Å². The van der Waals surface area contributed by atoms with E-state index in [1.54, 1.807) is 12.1 Å². The van der Waals surface area contributed by atoms with Gasteiger partial charge in [0.15, 0.2) is 0 Å². The van der Waals surface area contributed by atoms with Gasteiger partial charge in [-0.05, 0) is 32.8 Å². The largest absolute Gasteiger partial charge is 0.475 e. The Hall–Kier alpha value is -1.14. The first-order valence-electron chi connectivity index (χ1n) is 6.13. The van der Waals surface area contributed by atoms with E-state index < -0.39 is 10.0 Å². The molecule has 5 nitrogen and oxygen atoms in total. The highest BCUT2D eigenvalue weighted by molar-refractivity contribution is 7.89. The molecule has 0 atom stereocenters. The second kappa shape index (κ2) is 5.24. The Balaban J connectivity index is 2.18. The quantitative estimate of drug-likeness (QED) is 0.834. The zero-order valence-electron chi connectivity index (χ0n) is 10.7. The molecule has 18 heavy (non-hydrogen) atoms. The minimum absolute atomic E-state index is 0.0264. The number of nitrogens with zero attached hydrogens (tertiary/aromatic N) is 2. The molecule has 1 aliphatic rings. The van der Waals surface area contributed by atoms with Crippen molar-refractivity contribution >= 4 is 10.0 Å². The zero-order chi connectivity index (χ0) is 13.2. The summed E-state index contributed by atoms with van der Waals surface area (Å²) in [6.07, 6.45) is 3.26. The minimum atomic E-state index is -3.37. The van der Waals surface area contributed by atoms with Gasteiger partial charge in [0.05, 0.1) is 12.3 Å². The summed E-state index contributed by atoms with van der Waals surface area (Å²) in [6, 6.07) is 3.15. The van der Waals surface area contributed by atoms with Gasteiger partial charge in [0.25, 0.3) is 0 Å². The van der Waals surface area contributed by atoms with Crippen LogP contribution < -0.4 is 4.74 Å². The highest BCUT2D eigenvalue weighted by Crippen LogP contribution is 2.21. The van der Waals surface area contributed by atoms with E-state index in [9.17, 15) is 8.42 Å². The van der Waals surface area contributed by atoms with E-state index >= 15 is 0 Å². The molecule has 1 aromatic rings. The Morgan fingerprint density at radius 2 is 1.94 bits per heavy atom. The molecule has 0 aliphatic carbocycles. The summed E-state index contributed by atoms with van der Waals surface area (Å²) in [5.74, 6) is 0.449. The van der Waals surface area contributed by atoms with Crippen LogP contribution in [0.3, 0.4) is 0 Å². The van der Waals surface area contributed by atoms with Crippen molar-refractivity contribution < 1.29 is 13.2 Å². The number of hydrogen-bond acceptors (Lipinski definition) is 4. The van der Waals surface area contributed by atoms with E-state index in [1.807, 2.05) is 13.8 Å². The Morgan fingerprint density at radius 3 is 2.44 bits per heavy atom. The summed E-state index contributed by atoms with van der Waals surface area (Å²) in [5, 5.41) is 0. The topological polar surface area (TPSA) is 59.5 Å². The van der Waals surface area contributed by atoms with E-state index in [4.69, 9.17) is 4.74 Å². The highest BCUT2D eigenvalue weighted by Gasteiger charge is 2.27. The van der Waals surface area contributed by atoms with Crippen LogP contribution in [-0.2, 0) is 10.0 Å². The van der Waals surface area contributed by atoms with Crippen LogP contribution in [0, 0.1) is 0 Å². The maximum atomic E-state index is 12.2. The van der Waals surface area contributed by atoms with E-state index in [0.717, 1.165) is 12.8 Å². The molecule has 100 valence electrons. The van der Waals surface area contributed by atoms with Crippen LogP contribution in [0.5, 0.6) is 5.88 Å². The van der Waals surface area contributed by atoms with Gasteiger partial charge in [-0.25, -0.2) is 13.4 Å². The van der Waals surface area contributed by atoms with E-state index in [0.29, 0.717) is 19.0 Å². The molecule has 1 aromatic heterocycles. The molecule has 0 saturated carbocycles. The van der Waals surface area contributed by atoms with Crippen molar-refractivity contribution in [3.05, 3.63) is 18.3 Å². The lowest BCUT2D eigenvalue weighted by molar-refractivity contribution is 0.232. The van der Waals surface area contributed by atoms with Crippen molar-refractivity contribution in [1.82, 2.24) is 9.29 Å². The van der Waals surface area contributed by atoms with Crippen molar-refractivity contribution in [2.75, 3.05) is 13.1 Å². The molecule has 0 unspecified atom stereocenters. The summed E-state index contributed by atoms with van der Waals surface area (Å²) in [4.78, 5) is 4.27. The second-order valence-electron chi connectivity index (χ2n) is 4.61. The normalized spacial score (nSPS) is 17.3. The molecule has 2 rings (SSSR count). The molecule has 0 N–H and O–H groups in total. The van der Waals surface area contributed by atoms with Gasteiger partial charge in [0, 0.05) is 19.2 Å². The lowest BCUT2D eigenvalue weighted by Crippen LogP contribution is -2.27. The van der Waals surface area contributed by atoms with Crippen molar-refractivity contribution in [2.24, 2.45) is 0 Å². The van der Waals surface area contributed by atoms with E-state index in [-0.39, 0.29) is 11.0 Å². The predicted octanol–water partition coefficient (Wildman–Crippen LogP) is 1.65. The molecular formula is C12H18N2O3S. The van der Waals surface area contributed by atoms with Crippen molar-refractivity contribution in [3.63, 3.8) is 0 Å². The van der Waals surface area contributed by atoms with Crippen LogP contribution in [0.2, 0.25) is 0 Å². The van der Waals surface area contributed by atoms with Crippen LogP contribution in [0.25, 0.3) is 0 Å². The fraction of sp³-hybridized carbons (Fsp3) is 0.583. The minimum Gasteiger partial charge on any atom is -0.475 e. The van der Waals surface area contributed by atoms with Gasteiger partial charge in [0.1, 0.15) is 4.90 Å². The van der Waals surface area contributed by atoms with E-state index in [1.165, 1.54) is 10.5 Å². The van der Waals surface area contributed by atoms with Gasteiger partial charge < -0.3 is 4.74 Å². The standard InChI is InChI=1S/C12H18N2O3S/c1-10(2)17-12-6-5-11(9-13-12)18(15,16)14-7-3-4-8-14/h5-6,9-10H,3-4,7-8H2,1-2H3. The first kappa shape index (κ1) is 13.3. The molecule has 0 bridgehead atoms. The number of hydrogen-bond donors (Lipinski definition) is 0. The lowest BCUT2D eigenvalue weighted by atomic mass is 10.4. The van der Waals surface area contributed by atoms with Crippen LogP contribution >= 0.6 is 0 Å². The smallest absolute Gasteiger partial charge is 0.244 e. The molecule has 1 saturated heterocycles. The monoisotopic (exact) mass is 270 g/mol. The molecule has 1 fully saturated rings. The number of sulfonamides is 1. The fourth-order valence-electron chi connectivity index (χ4n) is 1.91. The molecule has 0 radical (unpaired) electrons. The Bertz CT molecular complexity index is 491. The SMILES string of the molecule is CC(C)Oc1ccc(S(=O)(=O)N2CCCC2)cn1. The molecule has 2 heterocycles. The Labute approximate surface area is 108 Å². The first-order valence-corrected chi connectivity index (χ1v) is 7.57. The fourth-order valence-corrected chi connectivity index (χ4v) is 3.37. The summed E-state index contributed by atoms with van der Waals surface area (Å²) in [5.41, 5.74) is 0. The predicted molar refractivity (Wildman–Crippen MR) is 68.0 cm³/mol. The Morgan fingerprint density at radius 1 is 1.28 bits per heavy atom. The summed E-state index contributed by atoms with van der Waals surface area (Å²) >= 11 is 0. The summed E-state index contributed by atoms with van der Waals surface area (Å²) < 4.78 is 31.3. The maximum Gasteiger partial charge on any atom is 0.244 e. The number of aromatic nitrogens is 1. The third-order valence-corrected chi connectivity index (χ3v) is 4.65. The van der Waals surface area contributed by atoms with Gasteiger partial charge in [-0.2, -0.15) is 4.31 Å². The number of ether oxygens (including phenoxy) is 1. The highest BCUT2D eigenvalue weighted by atomic mass is 32.2. The van der Waals surface area contributed by atoms with Gasteiger partial charge >= 0.3 is 0 Å². The maximum absolute atomic E-state index is 12.2. The molecule has 6 heteroatoms. The third kappa shape index (κ3) is 2.81. The van der Waals surface area contributed by atoms with Crippen LogP contribution in [-0.4, -0.2) is 36.9 Å². The molecular weight excluding hydrogens is 252 g/mol.